The van der Waals surface area contributed by atoms with Crippen molar-refractivity contribution >= 4 is 0 Å². The first kappa shape index (κ1) is 15.9. The highest BCUT2D eigenvalue weighted by atomic mass is 16.5. The monoisotopic (exact) mass is 338 g/mol. The molecule has 4 rings (SSSR count). The van der Waals surface area contributed by atoms with Gasteiger partial charge in [-0.15, -0.1) is 0 Å². The zero-order chi connectivity index (χ0) is 17.2. The Morgan fingerprint density at radius 1 is 1.28 bits per heavy atom. The number of hydrogen-bond donors (Lipinski definition) is 0. The number of aryl methyl sites for hydroxylation is 2. The Morgan fingerprint density at radius 2 is 2.12 bits per heavy atom. The molecule has 0 radical (unpaired) electrons. The maximum atomic E-state index is 5.83. The van der Waals surface area contributed by atoms with Gasteiger partial charge in [0.25, 0.3) is 0 Å². The summed E-state index contributed by atoms with van der Waals surface area (Å²) in [6.07, 6.45) is 8.17. The van der Waals surface area contributed by atoms with Crippen LogP contribution in [0, 0.1) is 6.92 Å². The fourth-order valence-corrected chi connectivity index (χ4v) is 3.04. The van der Waals surface area contributed by atoms with E-state index in [0.29, 0.717) is 6.61 Å². The molecule has 1 aromatic carbocycles. The smallest absolute Gasteiger partial charge is 0.164 e. The fraction of sp³-hybridized carbons (Fsp3) is 0.368. The van der Waals surface area contributed by atoms with Gasteiger partial charge in [-0.1, -0.05) is 0 Å². The molecule has 1 unspecified atom stereocenters. The molecule has 1 saturated heterocycles. The molecule has 3 aromatic rings. The third kappa shape index (κ3) is 3.30. The standard InChI is InChI=1S/C19H22N4O2/c1-14-21-18(12-22(14)2)19-20-9-10-23(19)15-5-7-16(8-6-15)25-13-17-4-3-11-24-17/h5-10,12,17H,3-4,11,13H2,1-2H3. The molecule has 0 bridgehead atoms. The summed E-state index contributed by atoms with van der Waals surface area (Å²) in [4.78, 5) is 9.04. The molecule has 0 N–H and O–H groups in total. The third-order valence-electron chi connectivity index (χ3n) is 4.55. The summed E-state index contributed by atoms with van der Waals surface area (Å²) in [6.45, 7) is 3.45. The Balaban J connectivity index is 1.51. The van der Waals surface area contributed by atoms with Gasteiger partial charge in [0.05, 0.1) is 6.10 Å². The van der Waals surface area contributed by atoms with E-state index in [0.717, 1.165) is 48.2 Å². The largest absolute Gasteiger partial charge is 0.491 e. The number of nitrogens with zero attached hydrogens (tertiary/aromatic N) is 4. The van der Waals surface area contributed by atoms with Crippen molar-refractivity contribution in [3.63, 3.8) is 0 Å². The van der Waals surface area contributed by atoms with Crippen LogP contribution in [0.25, 0.3) is 17.2 Å². The number of imidazole rings is 2. The molecule has 1 fully saturated rings. The topological polar surface area (TPSA) is 54.1 Å². The molecule has 0 aliphatic carbocycles. The highest BCUT2D eigenvalue weighted by molar-refractivity contribution is 5.54. The average Bonchev–Trinajstić information content (AvgIpc) is 3.35. The highest BCUT2D eigenvalue weighted by Gasteiger charge is 2.16. The molecule has 0 spiro atoms. The van der Waals surface area contributed by atoms with E-state index in [1.54, 1.807) is 6.20 Å². The molecule has 0 saturated carbocycles. The van der Waals surface area contributed by atoms with Crippen LogP contribution < -0.4 is 4.74 Å². The predicted molar refractivity (Wildman–Crippen MR) is 95.0 cm³/mol. The van der Waals surface area contributed by atoms with Crippen molar-refractivity contribution in [1.29, 1.82) is 0 Å². The highest BCUT2D eigenvalue weighted by Crippen LogP contribution is 2.23. The maximum absolute atomic E-state index is 5.83. The zero-order valence-electron chi connectivity index (χ0n) is 14.6. The first-order valence-corrected chi connectivity index (χ1v) is 8.59. The Morgan fingerprint density at radius 3 is 2.80 bits per heavy atom. The number of hydrogen-bond acceptors (Lipinski definition) is 4. The van der Waals surface area contributed by atoms with E-state index in [1.165, 1.54) is 0 Å². The quantitative estimate of drug-likeness (QED) is 0.717. The van der Waals surface area contributed by atoms with Crippen molar-refractivity contribution < 1.29 is 9.47 Å². The molecule has 25 heavy (non-hydrogen) atoms. The van der Waals surface area contributed by atoms with Crippen LogP contribution in [0.4, 0.5) is 0 Å². The lowest BCUT2D eigenvalue weighted by molar-refractivity contribution is 0.0679. The van der Waals surface area contributed by atoms with Gasteiger partial charge in [0.1, 0.15) is 23.9 Å². The lowest BCUT2D eigenvalue weighted by Crippen LogP contribution is -2.16. The molecule has 1 atom stereocenters. The molecule has 1 aliphatic rings. The average molecular weight is 338 g/mol. The molecule has 6 nitrogen and oxygen atoms in total. The molecule has 2 aromatic heterocycles. The van der Waals surface area contributed by atoms with Crippen molar-refractivity contribution in [2.24, 2.45) is 7.05 Å². The molecule has 0 amide bonds. The van der Waals surface area contributed by atoms with Crippen LogP contribution in [-0.2, 0) is 11.8 Å². The summed E-state index contributed by atoms with van der Waals surface area (Å²) in [5.41, 5.74) is 1.89. The summed E-state index contributed by atoms with van der Waals surface area (Å²) in [6, 6.07) is 8.03. The van der Waals surface area contributed by atoms with Crippen LogP contribution in [0.1, 0.15) is 18.7 Å². The van der Waals surface area contributed by atoms with E-state index >= 15 is 0 Å². The van der Waals surface area contributed by atoms with Crippen molar-refractivity contribution in [1.82, 2.24) is 19.1 Å². The maximum Gasteiger partial charge on any atom is 0.164 e. The van der Waals surface area contributed by atoms with Gasteiger partial charge in [-0.3, -0.25) is 4.57 Å². The van der Waals surface area contributed by atoms with Crippen LogP contribution in [0.15, 0.2) is 42.9 Å². The summed E-state index contributed by atoms with van der Waals surface area (Å²) >= 11 is 0. The number of rotatable bonds is 5. The molecular weight excluding hydrogens is 316 g/mol. The molecular formula is C19H22N4O2. The van der Waals surface area contributed by atoms with Crippen LogP contribution >= 0.6 is 0 Å². The van der Waals surface area contributed by atoms with Gasteiger partial charge < -0.3 is 14.0 Å². The SMILES string of the molecule is Cc1nc(-c2nccn2-c2ccc(OCC3CCCO3)cc2)cn1C. The van der Waals surface area contributed by atoms with E-state index in [2.05, 4.69) is 9.97 Å². The number of ether oxygens (including phenoxy) is 2. The van der Waals surface area contributed by atoms with Crippen LogP contribution in [0.5, 0.6) is 5.75 Å². The Bertz CT molecular complexity index is 825. The van der Waals surface area contributed by atoms with Crippen LogP contribution in [0.3, 0.4) is 0 Å². The van der Waals surface area contributed by atoms with Gasteiger partial charge in [0.2, 0.25) is 0 Å². The van der Waals surface area contributed by atoms with E-state index in [-0.39, 0.29) is 6.10 Å². The first-order chi connectivity index (χ1) is 12.2. The fourth-order valence-electron chi connectivity index (χ4n) is 3.04. The second-order valence-corrected chi connectivity index (χ2v) is 6.35. The van der Waals surface area contributed by atoms with E-state index in [1.807, 2.05) is 59.8 Å². The van der Waals surface area contributed by atoms with Gasteiger partial charge in [-0.05, 0) is 44.0 Å². The summed E-state index contributed by atoms with van der Waals surface area (Å²) in [7, 11) is 1.99. The minimum absolute atomic E-state index is 0.229. The summed E-state index contributed by atoms with van der Waals surface area (Å²) < 4.78 is 15.4. The van der Waals surface area contributed by atoms with Gasteiger partial charge in [-0.25, -0.2) is 9.97 Å². The van der Waals surface area contributed by atoms with Crippen molar-refractivity contribution in [2.75, 3.05) is 13.2 Å². The van der Waals surface area contributed by atoms with Gasteiger partial charge in [0, 0.05) is 37.9 Å². The lowest BCUT2D eigenvalue weighted by Gasteiger charge is -2.12. The lowest BCUT2D eigenvalue weighted by atomic mass is 10.2. The minimum atomic E-state index is 0.229. The van der Waals surface area contributed by atoms with Crippen molar-refractivity contribution in [3.8, 4) is 23.0 Å². The Kier molecular flexibility index (Phi) is 4.28. The molecule has 3 heterocycles. The first-order valence-electron chi connectivity index (χ1n) is 8.59. The summed E-state index contributed by atoms with van der Waals surface area (Å²) in [5.74, 6) is 2.65. The second kappa shape index (κ2) is 6.72. The molecule has 6 heteroatoms. The van der Waals surface area contributed by atoms with Crippen LogP contribution in [-0.4, -0.2) is 38.4 Å². The molecule has 1 aliphatic heterocycles. The Labute approximate surface area is 147 Å². The zero-order valence-corrected chi connectivity index (χ0v) is 14.6. The Hall–Kier alpha value is -2.60. The van der Waals surface area contributed by atoms with Gasteiger partial charge >= 0.3 is 0 Å². The second-order valence-electron chi connectivity index (χ2n) is 6.35. The minimum Gasteiger partial charge on any atom is -0.491 e. The number of aromatic nitrogens is 4. The van der Waals surface area contributed by atoms with E-state index < -0.39 is 0 Å². The van der Waals surface area contributed by atoms with E-state index in [9.17, 15) is 0 Å². The van der Waals surface area contributed by atoms with Gasteiger partial charge in [-0.2, -0.15) is 0 Å². The van der Waals surface area contributed by atoms with Crippen molar-refractivity contribution in [2.45, 2.75) is 25.9 Å². The van der Waals surface area contributed by atoms with Crippen molar-refractivity contribution in [3.05, 3.63) is 48.7 Å². The van der Waals surface area contributed by atoms with Crippen LogP contribution in [0.2, 0.25) is 0 Å². The normalized spacial score (nSPS) is 17.1. The summed E-state index contributed by atoms with van der Waals surface area (Å²) in [5, 5.41) is 0. The predicted octanol–water partition coefficient (Wildman–Crippen LogP) is 3.14. The third-order valence-corrected chi connectivity index (χ3v) is 4.55. The van der Waals surface area contributed by atoms with Gasteiger partial charge in [0.15, 0.2) is 5.82 Å². The molecule has 130 valence electrons. The van der Waals surface area contributed by atoms with E-state index in [4.69, 9.17) is 9.47 Å². The number of benzene rings is 1.